The molecule has 0 saturated carbocycles. The third-order valence-electron chi connectivity index (χ3n) is 11.7. The molecule has 0 N–H and O–H groups in total. The van der Waals surface area contributed by atoms with Crippen LogP contribution in [0.25, 0.3) is 21.5 Å². The van der Waals surface area contributed by atoms with Gasteiger partial charge in [0.2, 0.25) is 0 Å². The van der Waals surface area contributed by atoms with Crippen molar-refractivity contribution in [3.63, 3.8) is 0 Å². The van der Waals surface area contributed by atoms with E-state index in [0.717, 1.165) is 11.8 Å². The fourth-order valence-corrected chi connectivity index (χ4v) is 8.16. The lowest BCUT2D eigenvalue weighted by Crippen LogP contribution is -2.20. The molecule has 0 radical (unpaired) electrons. The van der Waals surface area contributed by atoms with Gasteiger partial charge in [0.15, 0.2) is 0 Å². The molecule has 0 heteroatoms. The molecule has 6 aromatic carbocycles. The highest BCUT2D eigenvalue weighted by Gasteiger charge is 2.32. The van der Waals surface area contributed by atoms with E-state index in [0.29, 0.717) is 10.8 Å². The first-order chi connectivity index (χ1) is 25.3. The Morgan fingerprint density at radius 3 is 1.52 bits per heavy atom. The molecule has 2 aliphatic rings. The van der Waals surface area contributed by atoms with Crippen molar-refractivity contribution in [1.29, 1.82) is 0 Å². The topological polar surface area (TPSA) is 0 Å². The Bertz CT molecular complexity index is 2080. The van der Waals surface area contributed by atoms with Gasteiger partial charge in [0.25, 0.3) is 0 Å². The van der Waals surface area contributed by atoms with Crippen molar-refractivity contribution in [3.05, 3.63) is 167 Å². The SMILES string of the molecule is CC(C)(C)C1CCc2ccccc21.CC(C)(C)C1Cc2ccccc2C1.CC(C)(C)c1ccc2ccccc2c1.CC(C)(C)c1cccc2ccccc12. The number of hydrogen-bond donors (Lipinski definition) is 0. The maximum absolute atomic E-state index is 2.35. The van der Waals surface area contributed by atoms with E-state index in [1.165, 1.54) is 58.4 Å². The Morgan fingerprint density at radius 2 is 0.944 bits per heavy atom. The molecular weight excluding hydrogens is 649 g/mol. The fourth-order valence-electron chi connectivity index (χ4n) is 8.16. The van der Waals surface area contributed by atoms with Crippen molar-refractivity contribution >= 4 is 21.5 Å². The van der Waals surface area contributed by atoms with Crippen molar-refractivity contribution in [2.75, 3.05) is 0 Å². The number of hydrogen-bond acceptors (Lipinski definition) is 0. The number of benzene rings is 6. The second-order valence-corrected chi connectivity index (χ2v) is 20.0. The minimum atomic E-state index is 0.223. The van der Waals surface area contributed by atoms with Gasteiger partial charge in [0.05, 0.1) is 0 Å². The first kappa shape index (κ1) is 41.0. The maximum atomic E-state index is 2.35. The van der Waals surface area contributed by atoms with Gasteiger partial charge in [-0.05, 0) is 114 Å². The van der Waals surface area contributed by atoms with Gasteiger partial charge >= 0.3 is 0 Å². The predicted molar refractivity (Wildman–Crippen MR) is 239 cm³/mol. The summed E-state index contributed by atoms with van der Waals surface area (Å²) in [6.45, 7) is 27.6. The Kier molecular flexibility index (Phi) is 12.7. The zero-order valence-electron chi connectivity index (χ0n) is 35.7. The molecule has 0 nitrogen and oxygen atoms in total. The van der Waals surface area contributed by atoms with E-state index >= 15 is 0 Å². The lowest BCUT2D eigenvalue weighted by Gasteiger charge is -2.27. The van der Waals surface area contributed by atoms with E-state index < -0.39 is 0 Å². The molecule has 0 bridgehead atoms. The van der Waals surface area contributed by atoms with E-state index in [4.69, 9.17) is 0 Å². The highest BCUT2D eigenvalue weighted by atomic mass is 14.4. The zero-order valence-corrected chi connectivity index (χ0v) is 35.7. The standard InChI is InChI=1S/2C14H16.2C13H18/c1-14(2,3)13-10-6-8-11-7-4-5-9-12(11)13;1-14(2,3)13-9-8-11-6-4-5-7-12(11)10-13;1-13(2,3)12-8-10-6-4-5-7-11(10)9-12;1-13(2,3)12-9-8-10-6-4-5-7-11(10)12/h2*4-10H,1-3H3;2*4-7,12H,8-9H2,1-3H3. The van der Waals surface area contributed by atoms with Crippen molar-refractivity contribution in [1.82, 2.24) is 0 Å². The zero-order chi connectivity index (χ0) is 39.3. The van der Waals surface area contributed by atoms with Crippen LogP contribution in [0.15, 0.2) is 133 Å². The largest absolute Gasteiger partial charge is 0.0620 e. The van der Waals surface area contributed by atoms with Gasteiger partial charge in [-0.2, -0.15) is 0 Å². The van der Waals surface area contributed by atoms with Crippen molar-refractivity contribution in [3.8, 4) is 0 Å². The lowest BCUT2D eigenvalue weighted by atomic mass is 9.77. The second kappa shape index (κ2) is 16.7. The third kappa shape index (κ3) is 10.5. The monoisotopic (exact) mass is 717 g/mol. The maximum Gasteiger partial charge on any atom is -0.0107 e. The summed E-state index contributed by atoms with van der Waals surface area (Å²) in [6, 6.07) is 48.1. The molecule has 0 amide bonds. The summed E-state index contributed by atoms with van der Waals surface area (Å²) in [5.74, 6) is 1.61. The summed E-state index contributed by atoms with van der Waals surface area (Å²) in [5, 5.41) is 5.36. The molecule has 8 rings (SSSR count). The van der Waals surface area contributed by atoms with Gasteiger partial charge in [0.1, 0.15) is 0 Å². The molecule has 0 fully saturated rings. The van der Waals surface area contributed by atoms with E-state index in [-0.39, 0.29) is 10.8 Å². The van der Waals surface area contributed by atoms with Crippen molar-refractivity contribution in [2.45, 2.75) is 126 Å². The highest BCUT2D eigenvalue weighted by molar-refractivity contribution is 5.86. The molecule has 284 valence electrons. The Morgan fingerprint density at radius 1 is 0.426 bits per heavy atom. The van der Waals surface area contributed by atoms with Gasteiger partial charge in [0, 0.05) is 0 Å². The predicted octanol–water partition coefficient (Wildman–Crippen LogP) is 15.5. The van der Waals surface area contributed by atoms with Crippen LogP contribution in [0.2, 0.25) is 0 Å². The van der Waals surface area contributed by atoms with Gasteiger partial charge < -0.3 is 0 Å². The Balaban J connectivity index is 0.000000139. The van der Waals surface area contributed by atoms with Crippen LogP contribution in [0.4, 0.5) is 0 Å². The molecule has 54 heavy (non-hydrogen) atoms. The van der Waals surface area contributed by atoms with Crippen LogP contribution >= 0.6 is 0 Å². The van der Waals surface area contributed by atoms with Crippen molar-refractivity contribution < 1.29 is 0 Å². The Hall–Kier alpha value is -4.16. The molecule has 1 unspecified atom stereocenters. The minimum Gasteiger partial charge on any atom is -0.0620 e. The summed E-state index contributed by atoms with van der Waals surface area (Å²) in [4.78, 5) is 0. The molecule has 0 aliphatic heterocycles. The van der Waals surface area contributed by atoms with E-state index in [2.05, 4.69) is 217 Å². The number of fused-ring (bicyclic) bond motifs is 4. The van der Waals surface area contributed by atoms with Crippen LogP contribution in [-0.2, 0) is 30.1 Å². The van der Waals surface area contributed by atoms with E-state index in [1.54, 1.807) is 22.3 Å². The number of rotatable bonds is 0. The van der Waals surface area contributed by atoms with Crippen LogP contribution in [0.3, 0.4) is 0 Å². The third-order valence-corrected chi connectivity index (χ3v) is 11.7. The minimum absolute atomic E-state index is 0.223. The van der Waals surface area contributed by atoms with Gasteiger partial charge in [-0.1, -0.05) is 217 Å². The van der Waals surface area contributed by atoms with Gasteiger partial charge in [-0.25, -0.2) is 0 Å². The lowest BCUT2D eigenvalue weighted by molar-refractivity contribution is 0.251. The normalized spacial score (nSPS) is 15.6. The average Bonchev–Trinajstić information content (AvgIpc) is 3.77. The van der Waals surface area contributed by atoms with Crippen molar-refractivity contribution in [2.24, 2.45) is 16.7 Å². The van der Waals surface area contributed by atoms with Crippen LogP contribution in [-0.4, -0.2) is 0 Å². The summed E-state index contributed by atoms with van der Waals surface area (Å²) in [6.07, 6.45) is 5.17. The molecule has 0 heterocycles. The molecule has 1 atom stereocenters. The molecule has 2 aliphatic carbocycles. The van der Waals surface area contributed by atoms with Crippen LogP contribution in [0, 0.1) is 16.7 Å². The summed E-state index contributed by atoms with van der Waals surface area (Å²) in [5.41, 5.74) is 10.5. The highest BCUT2D eigenvalue weighted by Crippen LogP contribution is 2.44. The summed E-state index contributed by atoms with van der Waals surface area (Å²) in [7, 11) is 0. The summed E-state index contributed by atoms with van der Waals surface area (Å²) < 4.78 is 0. The average molecular weight is 717 g/mol. The summed E-state index contributed by atoms with van der Waals surface area (Å²) >= 11 is 0. The smallest absolute Gasteiger partial charge is 0.0107 e. The molecular formula is C54H68. The first-order valence-electron chi connectivity index (χ1n) is 20.4. The quantitative estimate of drug-likeness (QED) is 0.147. The van der Waals surface area contributed by atoms with Crippen LogP contribution in [0.1, 0.15) is 129 Å². The first-order valence-corrected chi connectivity index (χ1v) is 20.4. The number of aryl methyl sites for hydroxylation is 1. The van der Waals surface area contributed by atoms with E-state index in [1.807, 2.05) is 0 Å². The molecule has 6 aromatic rings. The van der Waals surface area contributed by atoms with Crippen LogP contribution in [0.5, 0.6) is 0 Å². The van der Waals surface area contributed by atoms with Gasteiger partial charge in [-0.3, -0.25) is 0 Å². The van der Waals surface area contributed by atoms with E-state index in [9.17, 15) is 0 Å². The molecule has 0 aromatic heterocycles. The molecule has 0 spiro atoms. The Labute approximate surface area is 329 Å². The molecule has 0 saturated heterocycles. The van der Waals surface area contributed by atoms with Crippen LogP contribution < -0.4 is 0 Å². The fraction of sp³-hybridized carbons (Fsp3) is 0.407. The second-order valence-electron chi connectivity index (χ2n) is 20.0. The van der Waals surface area contributed by atoms with Gasteiger partial charge in [-0.15, -0.1) is 0 Å².